The lowest BCUT2D eigenvalue weighted by Gasteiger charge is -2.15. The minimum atomic E-state index is 1.10. The Morgan fingerprint density at radius 2 is 2.06 bits per heavy atom. The molecule has 0 spiro atoms. The molecule has 1 rings (SSSR count). The van der Waals surface area contributed by atoms with E-state index in [1.165, 1.54) is 37.8 Å². The molecule has 0 aliphatic rings. The van der Waals surface area contributed by atoms with Crippen LogP contribution in [-0.4, -0.2) is 32.1 Å². The number of rotatable bonds is 9. The maximum Gasteiger partial charge on any atom is 0.0238 e. The second-order valence-corrected chi connectivity index (χ2v) is 5.17. The zero-order valence-electron chi connectivity index (χ0n) is 10.5. The molecule has 1 heterocycles. The van der Waals surface area contributed by atoms with Gasteiger partial charge >= 0.3 is 0 Å². The lowest BCUT2D eigenvalue weighted by atomic mass is 10.2. The van der Waals surface area contributed by atoms with Crippen LogP contribution in [0.4, 0.5) is 0 Å². The van der Waals surface area contributed by atoms with Crippen LogP contribution in [0.5, 0.6) is 0 Å². The summed E-state index contributed by atoms with van der Waals surface area (Å²) in [6.45, 7) is 3.47. The molecule has 0 radical (unpaired) electrons. The van der Waals surface area contributed by atoms with Crippen LogP contribution in [0.25, 0.3) is 0 Å². The molecular weight excluding hydrogens is 216 g/mol. The lowest BCUT2D eigenvalue weighted by molar-refractivity contribution is 0.317. The van der Waals surface area contributed by atoms with Crippen LogP contribution < -0.4 is 5.32 Å². The van der Waals surface area contributed by atoms with Gasteiger partial charge in [-0.25, -0.2) is 0 Å². The van der Waals surface area contributed by atoms with E-state index in [0.717, 1.165) is 13.1 Å². The molecule has 16 heavy (non-hydrogen) atoms. The van der Waals surface area contributed by atoms with Crippen molar-refractivity contribution in [3.8, 4) is 0 Å². The van der Waals surface area contributed by atoms with E-state index in [9.17, 15) is 0 Å². The van der Waals surface area contributed by atoms with Gasteiger partial charge in [-0.2, -0.15) is 11.3 Å². The van der Waals surface area contributed by atoms with Crippen molar-refractivity contribution < 1.29 is 0 Å². The van der Waals surface area contributed by atoms with Gasteiger partial charge in [-0.15, -0.1) is 0 Å². The first-order valence-corrected chi connectivity index (χ1v) is 7.11. The molecule has 0 bridgehead atoms. The van der Waals surface area contributed by atoms with Crippen LogP contribution in [0.1, 0.15) is 31.2 Å². The van der Waals surface area contributed by atoms with Gasteiger partial charge in [0.15, 0.2) is 0 Å². The summed E-state index contributed by atoms with van der Waals surface area (Å²) in [5, 5.41) is 7.58. The molecular formula is C13H24N2S. The van der Waals surface area contributed by atoms with Crippen molar-refractivity contribution in [2.24, 2.45) is 0 Å². The van der Waals surface area contributed by atoms with E-state index in [2.05, 4.69) is 34.1 Å². The Morgan fingerprint density at radius 1 is 1.25 bits per heavy atom. The fourth-order valence-corrected chi connectivity index (χ4v) is 2.47. The monoisotopic (exact) mass is 240 g/mol. The molecule has 0 atom stereocenters. The third kappa shape index (κ3) is 6.26. The van der Waals surface area contributed by atoms with E-state index in [1.807, 2.05) is 7.05 Å². The van der Waals surface area contributed by atoms with Crippen LogP contribution in [0.15, 0.2) is 16.8 Å². The van der Waals surface area contributed by atoms with Gasteiger partial charge < -0.3 is 10.2 Å². The van der Waals surface area contributed by atoms with Crippen molar-refractivity contribution in [2.45, 2.75) is 32.2 Å². The molecule has 0 aromatic carbocycles. The molecule has 0 aliphatic heterocycles. The van der Waals surface area contributed by atoms with Gasteiger partial charge in [0.25, 0.3) is 0 Å². The van der Waals surface area contributed by atoms with Gasteiger partial charge in [0.2, 0.25) is 0 Å². The zero-order chi connectivity index (χ0) is 11.6. The minimum absolute atomic E-state index is 1.10. The Bertz CT molecular complexity index is 246. The summed E-state index contributed by atoms with van der Waals surface area (Å²) in [4.78, 5) is 2.42. The number of hydrogen-bond donors (Lipinski definition) is 1. The van der Waals surface area contributed by atoms with Crippen molar-refractivity contribution in [3.05, 3.63) is 22.4 Å². The van der Waals surface area contributed by atoms with E-state index >= 15 is 0 Å². The maximum absolute atomic E-state index is 3.19. The van der Waals surface area contributed by atoms with E-state index in [0.29, 0.717) is 0 Å². The molecule has 0 amide bonds. The summed E-state index contributed by atoms with van der Waals surface area (Å²) >= 11 is 1.79. The lowest BCUT2D eigenvalue weighted by Crippen LogP contribution is -2.18. The van der Waals surface area contributed by atoms with Crippen molar-refractivity contribution in [1.29, 1.82) is 0 Å². The fraction of sp³-hybridized carbons (Fsp3) is 0.692. The van der Waals surface area contributed by atoms with Gasteiger partial charge in [0, 0.05) is 6.54 Å². The number of unbranched alkanes of at least 4 members (excludes halogenated alkanes) is 3. The van der Waals surface area contributed by atoms with Crippen molar-refractivity contribution >= 4 is 11.3 Å². The highest BCUT2D eigenvalue weighted by atomic mass is 32.1. The SMILES string of the molecule is CNCCCCCCN(C)Cc1ccsc1. The predicted molar refractivity (Wildman–Crippen MR) is 73.0 cm³/mol. The average Bonchev–Trinajstić information content (AvgIpc) is 2.76. The molecule has 1 aromatic heterocycles. The number of nitrogens with zero attached hydrogens (tertiary/aromatic N) is 1. The van der Waals surface area contributed by atoms with Crippen LogP contribution in [0.3, 0.4) is 0 Å². The third-order valence-electron chi connectivity index (χ3n) is 2.75. The molecule has 0 unspecified atom stereocenters. The Balaban J connectivity index is 1.96. The topological polar surface area (TPSA) is 15.3 Å². The molecule has 0 aliphatic carbocycles. The predicted octanol–water partition coefficient (Wildman–Crippen LogP) is 2.96. The Hall–Kier alpha value is -0.380. The molecule has 3 heteroatoms. The molecule has 92 valence electrons. The first-order valence-electron chi connectivity index (χ1n) is 6.17. The van der Waals surface area contributed by atoms with Crippen LogP contribution in [-0.2, 0) is 6.54 Å². The van der Waals surface area contributed by atoms with E-state index in [-0.39, 0.29) is 0 Å². The Labute approximate surface area is 104 Å². The zero-order valence-corrected chi connectivity index (χ0v) is 11.4. The van der Waals surface area contributed by atoms with Crippen LogP contribution in [0.2, 0.25) is 0 Å². The summed E-state index contributed by atoms with van der Waals surface area (Å²) in [5.41, 5.74) is 1.45. The number of nitrogens with one attached hydrogen (secondary N) is 1. The van der Waals surface area contributed by atoms with Crippen LogP contribution in [0, 0.1) is 0 Å². The van der Waals surface area contributed by atoms with Crippen molar-refractivity contribution in [1.82, 2.24) is 10.2 Å². The molecule has 2 nitrogen and oxygen atoms in total. The van der Waals surface area contributed by atoms with E-state index in [4.69, 9.17) is 0 Å². The normalized spacial score (nSPS) is 11.2. The first-order chi connectivity index (χ1) is 7.83. The number of hydrogen-bond acceptors (Lipinski definition) is 3. The quantitative estimate of drug-likeness (QED) is 0.668. The van der Waals surface area contributed by atoms with Gasteiger partial charge in [-0.05, 0) is 62.4 Å². The summed E-state index contributed by atoms with van der Waals surface area (Å²) in [6, 6.07) is 2.22. The van der Waals surface area contributed by atoms with Gasteiger partial charge in [-0.1, -0.05) is 12.8 Å². The summed E-state index contributed by atoms with van der Waals surface area (Å²) in [5.74, 6) is 0. The van der Waals surface area contributed by atoms with E-state index in [1.54, 1.807) is 11.3 Å². The molecule has 0 saturated carbocycles. The molecule has 0 fully saturated rings. The van der Waals surface area contributed by atoms with Gasteiger partial charge in [0.05, 0.1) is 0 Å². The summed E-state index contributed by atoms with van der Waals surface area (Å²) in [7, 11) is 4.24. The fourth-order valence-electron chi connectivity index (χ4n) is 1.81. The standard InChI is InChI=1S/C13H24N2S/c1-14-8-5-3-4-6-9-15(2)11-13-7-10-16-12-13/h7,10,12,14H,3-6,8-9,11H2,1-2H3. The Morgan fingerprint density at radius 3 is 2.75 bits per heavy atom. The number of thiophene rings is 1. The Kier molecular flexibility index (Phi) is 7.47. The summed E-state index contributed by atoms with van der Waals surface area (Å²) < 4.78 is 0. The highest BCUT2D eigenvalue weighted by Gasteiger charge is 2.00. The first kappa shape index (κ1) is 13.7. The second-order valence-electron chi connectivity index (χ2n) is 4.39. The van der Waals surface area contributed by atoms with Crippen LogP contribution >= 0.6 is 11.3 Å². The molecule has 1 aromatic rings. The smallest absolute Gasteiger partial charge is 0.0238 e. The third-order valence-corrected chi connectivity index (χ3v) is 3.48. The maximum atomic E-state index is 3.19. The van der Waals surface area contributed by atoms with Gasteiger partial charge in [-0.3, -0.25) is 0 Å². The van der Waals surface area contributed by atoms with Crippen molar-refractivity contribution in [2.75, 3.05) is 27.2 Å². The van der Waals surface area contributed by atoms with E-state index < -0.39 is 0 Å². The highest BCUT2D eigenvalue weighted by molar-refractivity contribution is 7.07. The molecule has 1 N–H and O–H groups in total. The van der Waals surface area contributed by atoms with Gasteiger partial charge in [0.1, 0.15) is 0 Å². The average molecular weight is 240 g/mol. The second kappa shape index (κ2) is 8.74. The van der Waals surface area contributed by atoms with Crippen molar-refractivity contribution in [3.63, 3.8) is 0 Å². The molecule has 0 saturated heterocycles. The minimum Gasteiger partial charge on any atom is -0.320 e. The summed E-state index contributed by atoms with van der Waals surface area (Å²) in [6.07, 6.45) is 5.35. The highest BCUT2D eigenvalue weighted by Crippen LogP contribution is 2.09. The largest absolute Gasteiger partial charge is 0.320 e.